The van der Waals surface area contributed by atoms with Crippen molar-refractivity contribution in [3.63, 3.8) is 0 Å². The fourth-order valence-corrected chi connectivity index (χ4v) is 3.67. The summed E-state index contributed by atoms with van der Waals surface area (Å²) in [5.74, 6) is 0.0634. The highest BCUT2D eigenvalue weighted by molar-refractivity contribution is 7.89. The lowest BCUT2D eigenvalue weighted by Crippen LogP contribution is -2.41. The lowest BCUT2D eigenvalue weighted by atomic mass is 9.67. The minimum absolute atomic E-state index is 0.0634. The van der Waals surface area contributed by atoms with Crippen LogP contribution in [0.2, 0.25) is 0 Å². The van der Waals surface area contributed by atoms with Crippen molar-refractivity contribution in [1.29, 1.82) is 0 Å². The van der Waals surface area contributed by atoms with Gasteiger partial charge in [-0.05, 0) is 31.6 Å². The molecule has 0 bridgehead atoms. The molecule has 0 aliphatic heterocycles. The molecule has 3 N–H and O–H groups in total. The topological polar surface area (TPSA) is 90.0 Å². The van der Waals surface area contributed by atoms with Crippen LogP contribution in [-0.2, 0) is 16.6 Å². The molecule has 2 rings (SSSR count). The second-order valence-electron chi connectivity index (χ2n) is 5.27. The molecule has 1 aliphatic carbocycles. The average molecular weight is 286 g/mol. The van der Waals surface area contributed by atoms with Gasteiger partial charge in [-0.2, -0.15) is 5.10 Å². The summed E-state index contributed by atoms with van der Waals surface area (Å²) in [4.78, 5) is 0.0833. The molecule has 0 radical (unpaired) electrons. The molecule has 1 heterocycles. The van der Waals surface area contributed by atoms with Crippen molar-refractivity contribution >= 4 is 15.8 Å². The third kappa shape index (κ3) is 2.76. The van der Waals surface area contributed by atoms with Gasteiger partial charge in [0.1, 0.15) is 4.90 Å². The van der Waals surface area contributed by atoms with E-state index in [1.165, 1.54) is 17.3 Å². The van der Waals surface area contributed by atoms with Crippen molar-refractivity contribution in [2.45, 2.75) is 51.0 Å². The zero-order valence-corrected chi connectivity index (χ0v) is 12.3. The molecule has 0 atom stereocenters. The maximum atomic E-state index is 12.2. The first-order chi connectivity index (χ1) is 8.92. The smallest absolute Gasteiger partial charge is 0.245 e. The molecular formula is C12H22N4O2S. The maximum Gasteiger partial charge on any atom is 0.245 e. The number of nitrogens with zero attached hydrogens (tertiary/aromatic N) is 2. The molecule has 0 aromatic carbocycles. The Morgan fingerprint density at radius 2 is 2.16 bits per heavy atom. The van der Waals surface area contributed by atoms with Crippen molar-refractivity contribution < 1.29 is 8.42 Å². The number of anilines is 1. The Labute approximate surface area is 114 Å². The normalized spacial score (nSPS) is 18.2. The van der Waals surface area contributed by atoms with E-state index < -0.39 is 10.0 Å². The summed E-state index contributed by atoms with van der Waals surface area (Å²) in [6.07, 6.45) is 5.85. The Morgan fingerprint density at radius 3 is 2.58 bits per heavy atom. The number of rotatable bonds is 6. The summed E-state index contributed by atoms with van der Waals surface area (Å²) in [6.45, 7) is 5.08. The predicted molar refractivity (Wildman–Crippen MR) is 74.1 cm³/mol. The zero-order valence-electron chi connectivity index (χ0n) is 11.5. The summed E-state index contributed by atoms with van der Waals surface area (Å²) in [6, 6.07) is 0. The van der Waals surface area contributed by atoms with Crippen LogP contribution in [0.3, 0.4) is 0 Å². The van der Waals surface area contributed by atoms with Crippen molar-refractivity contribution in [2.24, 2.45) is 5.41 Å². The van der Waals surface area contributed by atoms with Crippen LogP contribution in [-0.4, -0.2) is 24.7 Å². The number of sulfonamides is 1. The van der Waals surface area contributed by atoms with Crippen LogP contribution in [0.1, 0.15) is 39.5 Å². The quantitative estimate of drug-likeness (QED) is 0.826. The summed E-state index contributed by atoms with van der Waals surface area (Å²) in [5.41, 5.74) is 5.81. The average Bonchev–Trinajstić information content (AvgIpc) is 2.70. The Kier molecular flexibility index (Phi) is 3.87. The Bertz CT molecular complexity index is 541. The number of aromatic nitrogens is 2. The summed E-state index contributed by atoms with van der Waals surface area (Å²) in [5, 5.41) is 3.97. The highest BCUT2D eigenvalue weighted by Crippen LogP contribution is 2.43. The first-order valence-electron chi connectivity index (χ1n) is 6.75. The van der Waals surface area contributed by atoms with Gasteiger partial charge in [-0.3, -0.25) is 4.68 Å². The number of nitrogens with one attached hydrogen (secondary N) is 1. The van der Waals surface area contributed by atoms with Crippen molar-refractivity contribution in [1.82, 2.24) is 14.5 Å². The third-order valence-corrected chi connectivity index (χ3v) is 5.59. The van der Waals surface area contributed by atoms with Gasteiger partial charge in [-0.1, -0.05) is 13.3 Å². The molecule has 6 nitrogen and oxygen atoms in total. The van der Waals surface area contributed by atoms with E-state index in [0.717, 1.165) is 19.3 Å². The monoisotopic (exact) mass is 286 g/mol. The second kappa shape index (κ2) is 5.13. The lowest BCUT2D eigenvalue weighted by Gasteiger charge is -2.41. The largest absolute Gasteiger partial charge is 0.381 e. The first kappa shape index (κ1) is 14.3. The molecule has 1 fully saturated rings. The van der Waals surface area contributed by atoms with Crippen LogP contribution in [0.25, 0.3) is 0 Å². The molecule has 0 unspecified atom stereocenters. The third-order valence-electron chi connectivity index (χ3n) is 4.17. The molecule has 19 heavy (non-hydrogen) atoms. The molecule has 7 heteroatoms. The van der Waals surface area contributed by atoms with Crippen molar-refractivity contribution in [3.8, 4) is 0 Å². The SMILES string of the molecule is CCn1cc(S(=O)(=O)NCC2(CC)CCC2)c(N)n1. The highest BCUT2D eigenvalue weighted by atomic mass is 32.2. The van der Waals surface area contributed by atoms with Gasteiger partial charge >= 0.3 is 0 Å². The molecule has 0 spiro atoms. The number of hydrogen-bond acceptors (Lipinski definition) is 4. The fourth-order valence-electron chi connectivity index (χ4n) is 2.45. The van der Waals surface area contributed by atoms with Gasteiger partial charge in [0.2, 0.25) is 10.0 Å². The number of aryl methyl sites for hydroxylation is 1. The molecule has 1 aromatic heterocycles. The van der Waals surface area contributed by atoms with Crippen LogP contribution in [0.15, 0.2) is 11.1 Å². The zero-order chi connectivity index (χ0) is 14.1. The Hall–Kier alpha value is -1.08. The lowest BCUT2D eigenvalue weighted by molar-refractivity contribution is 0.133. The predicted octanol–water partition coefficient (Wildman–Crippen LogP) is 1.34. The van der Waals surface area contributed by atoms with Crippen molar-refractivity contribution in [2.75, 3.05) is 12.3 Å². The first-order valence-corrected chi connectivity index (χ1v) is 8.23. The number of hydrogen-bond donors (Lipinski definition) is 2. The minimum atomic E-state index is -3.56. The van der Waals surface area contributed by atoms with Gasteiger partial charge in [0.15, 0.2) is 5.82 Å². The van der Waals surface area contributed by atoms with E-state index in [-0.39, 0.29) is 16.1 Å². The molecule has 108 valence electrons. The van der Waals surface area contributed by atoms with Crippen molar-refractivity contribution in [3.05, 3.63) is 6.20 Å². The van der Waals surface area contributed by atoms with E-state index in [4.69, 9.17) is 5.73 Å². The Morgan fingerprint density at radius 1 is 1.47 bits per heavy atom. The second-order valence-corrected chi connectivity index (χ2v) is 7.00. The molecular weight excluding hydrogens is 264 g/mol. The van der Waals surface area contributed by atoms with Gasteiger partial charge in [0, 0.05) is 19.3 Å². The number of nitrogens with two attached hydrogens (primary N) is 1. The van der Waals surface area contributed by atoms with E-state index in [1.807, 2.05) is 6.92 Å². The molecule has 0 saturated heterocycles. The summed E-state index contributed by atoms with van der Waals surface area (Å²) < 4.78 is 28.7. The van der Waals surface area contributed by atoms with E-state index in [1.54, 1.807) is 0 Å². The van der Waals surface area contributed by atoms with Crippen LogP contribution in [0, 0.1) is 5.41 Å². The van der Waals surface area contributed by atoms with Gasteiger partial charge in [-0.25, -0.2) is 13.1 Å². The fraction of sp³-hybridized carbons (Fsp3) is 0.750. The van der Waals surface area contributed by atoms with Crippen LogP contribution >= 0.6 is 0 Å². The molecule has 1 saturated carbocycles. The Balaban J connectivity index is 2.11. The van der Waals surface area contributed by atoms with Gasteiger partial charge in [0.05, 0.1) is 0 Å². The minimum Gasteiger partial charge on any atom is -0.381 e. The van der Waals surface area contributed by atoms with E-state index in [2.05, 4.69) is 16.7 Å². The van der Waals surface area contributed by atoms with Gasteiger partial charge in [0.25, 0.3) is 0 Å². The summed E-state index contributed by atoms with van der Waals surface area (Å²) >= 11 is 0. The molecule has 1 aliphatic rings. The van der Waals surface area contributed by atoms with E-state index in [9.17, 15) is 8.42 Å². The van der Waals surface area contributed by atoms with E-state index in [0.29, 0.717) is 13.1 Å². The number of nitrogen functional groups attached to an aromatic ring is 1. The maximum absolute atomic E-state index is 12.2. The van der Waals surface area contributed by atoms with E-state index >= 15 is 0 Å². The van der Waals surface area contributed by atoms with Crippen LogP contribution in [0.4, 0.5) is 5.82 Å². The van der Waals surface area contributed by atoms with Gasteiger partial charge < -0.3 is 5.73 Å². The molecule has 1 aromatic rings. The van der Waals surface area contributed by atoms with Crippen LogP contribution < -0.4 is 10.5 Å². The standard InChI is InChI=1S/C12H22N4O2S/c1-3-12(6-5-7-12)9-14-19(17,18)10-8-16(4-2)15-11(10)13/h8,14H,3-7,9H2,1-2H3,(H2,13,15). The van der Waals surface area contributed by atoms with Gasteiger partial charge in [-0.15, -0.1) is 0 Å². The van der Waals surface area contributed by atoms with Crippen LogP contribution in [0.5, 0.6) is 0 Å². The molecule has 0 amide bonds. The summed E-state index contributed by atoms with van der Waals surface area (Å²) in [7, 11) is -3.56. The highest BCUT2D eigenvalue weighted by Gasteiger charge is 2.36.